The van der Waals surface area contributed by atoms with Gasteiger partial charge in [-0.15, -0.1) is 0 Å². The fourth-order valence-electron chi connectivity index (χ4n) is 2.19. The molecule has 0 spiro atoms. The van der Waals surface area contributed by atoms with Gasteiger partial charge < -0.3 is 9.88 Å². The molecule has 3 rings (SSSR count). The van der Waals surface area contributed by atoms with Crippen LogP contribution >= 0.6 is 23.2 Å². The Kier molecular flexibility index (Phi) is 4.83. The summed E-state index contributed by atoms with van der Waals surface area (Å²) in [6, 6.07) is 9.46. The van der Waals surface area contributed by atoms with Gasteiger partial charge in [-0.1, -0.05) is 23.2 Å². The largest absolute Gasteiger partial charge is 0.331 e. The van der Waals surface area contributed by atoms with Gasteiger partial charge in [-0.05, 0) is 36.4 Å². The minimum Gasteiger partial charge on any atom is -0.331 e. The second-order valence-corrected chi connectivity index (χ2v) is 5.98. The van der Waals surface area contributed by atoms with Crippen molar-refractivity contribution in [1.29, 1.82) is 0 Å². The number of rotatable bonds is 4. The van der Waals surface area contributed by atoms with Gasteiger partial charge in [0.25, 0.3) is 5.91 Å². The van der Waals surface area contributed by atoms with Gasteiger partial charge in [0.2, 0.25) is 5.78 Å². The van der Waals surface area contributed by atoms with Gasteiger partial charge in [0, 0.05) is 30.7 Å². The molecule has 0 saturated heterocycles. The number of halogens is 2. The number of amides is 1. The van der Waals surface area contributed by atoms with Gasteiger partial charge in [-0.2, -0.15) is 0 Å². The number of aromatic nitrogens is 3. The summed E-state index contributed by atoms with van der Waals surface area (Å²) in [5.74, 6) is -0.354. The third-order valence-corrected chi connectivity index (χ3v) is 3.97. The highest BCUT2D eigenvalue weighted by Gasteiger charge is 2.15. The second-order valence-electron chi connectivity index (χ2n) is 5.19. The highest BCUT2D eigenvalue weighted by atomic mass is 35.5. The summed E-state index contributed by atoms with van der Waals surface area (Å²) in [5.41, 5.74) is 0.993. The van der Waals surface area contributed by atoms with Gasteiger partial charge in [-0.3, -0.25) is 9.59 Å². The minimum absolute atomic E-state index is 0.0299. The minimum atomic E-state index is -0.490. The Morgan fingerprint density at radius 3 is 2.44 bits per heavy atom. The average molecular weight is 375 g/mol. The number of ketones is 1. The molecule has 0 radical (unpaired) electrons. The Hall–Kier alpha value is -2.70. The van der Waals surface area contributed by atoms with Crippen molar-refractivity contribution < 1.29 is 9.59 Å². The molecule has 2 aromatic heterocycles. The Morgan fingerprint density at radius 2 is 1.80 bits per heavy atom. The molecule has 1 N–H and O–H groups in total. The fraction of sp³-hybridized carbons (Fsp3) is 0.0588. The van der Waals surface area contributed by atoms with Crippen LogP contribution in [0.2, 0.25) is 10.2 Å². The molecule has 8 heteroatoms. The van der Waals surface area contributed by atoms with Gasteiger partial charge >= 0.3 is 0 Å². The molecule has 0 unspecified atom stereocenters. The van der Waals surface area contributed by atoms with Crippen LogP contribution in [-0.2, 0) is 7.05 Å². The summed E-state index contributed by atoms with van der Waals surface area (Å²) in [6.07, 6.45) is 3.26. The second kappa shape index (κ2) is 7.04. The first kappa shape index (κ1) is 17.1. The number of imidazole rings is 1. The summed E-state index contributed by atoms with van der Waals surface area (Å²) in [5, 5.41) is 3.03. The van der Waals surface area contributed by atoms with Crippen LogP contribution in [0.1, 0.15) is 26.7 Å². The first-order chi connectivity index (χ1) is 12.0. The molecule has 0 aliphatic rings. The van der Waals surface area contributed by atoms with E-state index in [0.29, 0.717) is 17.1 Å². The smallest absolute Gasteiger partial charge is 0.275 e. The topological polar surface area (TPSA) is 76.9 Å². The van der Waals surface area contributed by atoms with Crippen LogP contribution in [0.3, 0.4) is 0 Å². The van der Waals surface area contributed by atoms with Crippen LogP contribution in [-0.4, -0.2) is 26.2 Å². The van der Waals surface area contributed by atoms with Crippen LogP contribution < -0.4 is 5.32 Å². The molecule has 0 fully saturated rings. The molecule has 1 aromatic carbocycles. The predicted octanol–water partition coefficient (Wildman–Crippen LogP) is 3.61. The van der Waals surface area contributed by atoms with Crippen molar-refractivity contribution in [3.05, 3.63) is 76.0 Å². The summed E-state index contributed by atoms with van der Waals surface area (Å²) in [6.45, 7) is 0. The number of aryl methyl sites for hydroxylation is 1. The van der Waals surface area contributed by atoms with E-state index in [1.165, 1.54) is 12.1 Å². The van der Waals surface area contributed by atoms with Crippen molar-refractivity contribution in [1.82, 2.24) is 14.5 Å². The van der Waals surface area contributed by atoms with Crippen LogP contribution in [0.25, 0.3) is 0 Å². The van der Waals surface area contributed by atoms with E-state index in [9.17, 15) is 9.59 Å². The molecular formula is C17H12Cl2N4O2. The summed E-state index contributed by atoms with van der Waals surface area (Å²) in [7, 11) is 1.75. The zero-order chi connectivity index (χ0) is 18.0. The average Bonchev–Trinajstić information content (AvgIpc) is 3.03. The van der Waals surface area contributed by atoms with Crippen molar-refractivity contribution in [2.75, 3.05) is 5.32 Å². The molecule has 3 aromatic rings. The van der Waals surface area contributed by atoms with E-state index in [4.69, 9.17) is 23.2 Å². The van der Waals surface area contributed by atoms with E-state index < -0.39 is 5.91 Å². The lowest BCUT2D eigenvalue weighted by Crippen LogP contribution is -2.14. The van der Waals surface area contributed by atoms with E-state index in [1.807, 2.05) is 0 Å². The highest BCUT2D eigenvalue weighted by Crippen LogP contribution is 2.19. The molecule has 1 amide bonds. The number of nitrogens with one attached hydrogen (secondary N) is 1. The van der Waals surface area contributed by atoms with Gasteiger partial charge in [-0.25, -0.2) is 9.97 Å². The van der Waals surface area contributed by atoms with E-state index in [1.54, 1.807) is 48.3 Å². The lowest BCUT2D eigenvalue weighted by Gasteiger charge is -2.07. The van der Waals surface area contributed by atoms with Crippen molar-refractivity contribution in [2.24, 2.45) is 7.05 Å². The third kappa shape index (κ3) is 3.70. The Bertz CT molecular complexity index is 952. The Labute approximate surface area is 153 Å². The first-order valence-corrected chi connectivity index (χ1v) is 7.97. The maximum atomic E-state index is 12.4. The lowest BCUT2D eigenvalue weighted by atomic mass is 10.1. The van der Waals surface area contributed by atoms with Crippen molar-refractivity contribution in [3.8, 4) is 0 Å². The molecule has 0 aliphatic heterocycles. The SMILES string of the molecule is Cn1ccnc1C(=O)c1ccc(NC(=O)c2nc(Cl)ccc2Cl)cc1. The molecule has 2 heterocycles. The molecule has 25 heavy (non-hydrogen) atoms. The van der Waals surface area contributed by atoms with Crippen molar-refractivity contribution >= 4 is 40.6 Å². The van der Waals surface area contributed by atoms with Crippen LogP contribution in [0.4, 0.5) is 5.69 Å². The van der Waals surface area contributed by atoms with E-state index >= 15 is 0 Å². The first-order valence-electron chi connectivity index (χ1n) is 7.21. The number of hydrogen-bond acceptors (Lipinski definition) is 4. The van der Waals surface area contributed by atoms with Gasteiger partial charge in [0.15, 0.2) is 5.82 Å². The van der Waals surface area contributed by atoms with Crippen LogP contribution in [0.5, 0.6) is 0 Å². The Morgan fingerprint density at radius 1 is 1.08 bits per heavy atom. The molecule has 0 aliphatic carbocycles. The van der Waals surface area contributed by atoms with Crippen molar-refractivity contribution in [2.45, 2.75) is 0 Å². The predicted molar refractivity (Wildman–Crippen MR) is 95.3 cm³/mol. The van der Waals surface area contributed by atoms with E-state index in [-0.39, 0.29) is 21.7 Å². The molecule has 0 bridgehead atoms. The maximum Gasteiger partial charge on any atom is 0.275 e. The molecule has 0 saturated carbocycles. The number of nitrogens with zero attached hydrogens (tertiary/aromatic N) is 3. The van der Waals surface area contributed by atoms with Gasteiger partial charge in [0.05, 0.1) is 5.02 Å². The van der Waals surface area contributed by atoms with Crippen LogP contribution in [0, 0.1) is 0 Å². The maximum absolute atomic E-state index is 12.4. The fourth-order valence-corrected chi connectivity index (χ4v) is 2.52. The number of carbonyl (C=O) groups excluding carboxylic acids is 2. The van der Waals surface area contributed by atoms with Crippen LogP contribution in [0.15, 0.2) is 48.8 Å². The molecular weight excluding hydrogens is 363 g/mol. The summed E-state index contributed by atoms with van der Waals surface area (Å²) < 4.78 is 1.64. The molecule has 126 valence electrons. The lowest BCUT2D eigenvalue weighted by molar-refractivity contribution is 0.101. The van der Waals surface area contributed by atoms with E-state index in [0.717, 1.165) is 0 Å². The summed E-state index contributed by atoms with van der Waals surface area (Å²) in [4.78, 5) is 32.5. The third-order valence-electron chi connectivity index (χ3n) is 3.46. The number of carbonyl (C=O) groups is 2. The van der Waals surface area contributed by atoms with E-state index in [2.05, 4.69) is 15.3 Å². The standard InChI is InChI=1S/C17H12Cl2N4O2/c1-23-9-8-20-16(23)15(24)10-2-4-11(5-3-10)21-17(25)14-12(18)6-7-13(19)22-14/h2-9H,1H3,(H,21,25). The van der Waals surface area contributed by atoms with Gasteiger partial charge in [0.1, 0.15) is 10.8 Å². The Balaban J connectivity index is 1.77. The molecule has 0 atom stereocenters. The monoisotopic (exact) mass is 374 g/mol. The normalized spacial score (nSPS) is 10.5. The number of pyridine rings is 1. The quantitative estimate of drug-likeness (QED) is 0.558. The number of benzene rings is 1. The zero-order valence-corrected chi connectivity index (χ0v) is 14.5. The zero-order valence-electron chi connectivity index (χ0n) is 13.0. The molecule has 6 nitrogen and oxygen atoms in total. The number of hydrogen-bond donors (Lipinski definition) is 1. The van der Waals surface area contributed by atoms with Crippen molar-refractivity contribution in [3.63, 3.8) is 0 Å². The number of anilines is 1. The summed E-state index contributed by atoms with van der Waals surface area (Å²) >= 11 is 11.7. The highest BCUT2D eigenvalue weighted by molar-refractivity contribution is 6.35.